The predicted octanol–water partition coefficient (Wildman–Crippen LogP) is 1.77. The third kappa shape index (κ3) is 4.20. The molecule has 0 N–H and O–H groups in total. The third-order valence-electron chi connectivity index (χ3n) is 2.38. The highest BCUT2D eigenvalue weighted by Crippen LogP contribution is 2.24. The van der Waals surface area contributed by atoms with Gasteiger partial charge in [0.2, 0.25) is 5.82 Å². The van der Waals surface area contributed by atoms with Crippen LogP contribution >= 0.6 is 0 Å². The second-order valence-corrected chi connectivity index (χ2v) is 3.83. The molecule has 0 radical (unpaired) electrons. The van der Waals surface area contributed by atoms with Crippen LogP contribution in [0.15, 0.2) is 18.3 Å². The number of nitrogens with zero attached hydrogens (tertiary/aromatic N) is 3. The van der Waals surface area contributed by atoms with E-state index < -0.39 is 10.9 Å². The van der Waals surface area contributed by atoms with Crippen LogP contribution in [0, 0.1) is 10.1 Å². The van der Waals surface area contributed by atoms with Gasteiger partial charge in [-0.05, 0) is 19.4 Å². The summed E-state index contributed by atoms with van der Waals surface area (Å²) in [4.78, 5) is 27.6. The first-order valence-electron chi connectivity index (χ1n) is 6.10. The van der Waals surface area contributed by atoms with E-state index in [1.54, 1.807) is 11.8 Å². The minimum absolute atomic E-state index is 0.0421. The van der Waals surface area contributed by atoms with E-state index in [0.29, 0.717) is 6.54 Å². The number of carbonyl (C=O) groups excluding carboxylic acids is 1. The molecule has 1 aromatic heterocycles. The number of rotatable bonds is 7. The van der Waals surface area contributed by atoms with Crippen molar-refractivity contribution in [2.45, 2.75) is 20.3 Å². The van der Waals surface area contributed by atoms with Gasteiger partial charge in [0.25, 0.3) is 0 Å². The lowest BCUT2D eigenvalue weighted by Gasteiger charge is -2.21. The SMILES string of the molecule is CCCN(CC(=O)OCC)c1ncccc1[N+](=O)[O-]. The summed E-state index contributed by atoms with van der Waals surface area (Å²) in [7, 11) is 0. The number of nitro groups is 1. The van der Waals surface area contributed by atoms with E-state index in [2.05, 4.69) is 4.98 Å². The first-order valence-corrected chi connectivity index (χ1v) is 6.10. The van der Waals surface area contributed by atoms with Crippen LogP contribution in [0.4, 0.5) is 11.5 Å². The zero-order valence-electron chi connectivity index (χ0n) is 11.0. The molecule has 0 aliphatic heterocycles. The molecule has 0 spiro atoms. The molecule has 1 heterocycles. The number of ether oxygens (including phenoxy) is 1. The van der Waals surface area contributed by atoms with Gasteiger partial charge in [-0.2, -0.15) is 0 Å². The van der Waals surface area contributed by atoms with Crippen molar-refractivity contribution in [2.75, 3.05) is 24.6 Å². The minimum Gasteiger partial charge on any atom is -0.465 e. The van der Waals surface area contributed by atoms with Crippen molar-refractivity contribution >= 4 is 17.5 Å². The molecule has 0 unspecified atom stereocenters. The highest BCUT2D eigenvalue weighted by Gasteiger charge is 2.22. The first-order chi connectivity index (χ1) is 9.10. The van der Waals surface area contributed by atoms with Crippen molar-refractivity contribution in [1.29, 1.82) is 0 Å². The molecule has 104 valence electrons. The molecule has 0 fully saturated rings. The lowest BCUT2D eigenvalue weighted by atomic mass is 10.3. The van der Waals surface area contributed by atoms with E-state index >= 15 is 0 Å². The molecule has 1 aromatic rings. The Morgan fingerprint density at radius 2 is 2.26 bits per heavy atom. The maximum Gasteiger partial charge on any atom is 0.325 e. The number of pyridine rings is 1. The van der Waals surface area contributed by atoms with Gasteiger partial charge in [-0.15, -0.1) is 0 Å². The van der Waals surface area contributed by atoms with Crippen molar-refractivity contribution in [3.63, 3.8) is 0 Å². The average molecular weight is 267 g/mol. The predicted molar refractivity (Wildman–Crippen MR) is 70.0 cm³/mol. The summed E-state index contributed by atoms with van der Waals surface area (Å²) >= 11 is 0. The second-order valence-electron chi connectivity index (χ2n) is 3.83. The molecule has 7 heteroatoms. The minimum atomic E-state index is -0.504. The molecule has 1 rings (SSSR count). The summed E-state index contributed by atoms with van der Waals surface area (Å²) in [5.41, 5.74) is -0.111. The number of anilines is 1. The van der Waals surface area contributed by atoms with Gasteiger partial charge in [0.05, 0.1) is 11.5 Å². The van der Waals surface area contributed by atoms with Crippen LogP contribution in [0.25, 0.3) is 0 Å². The molecule has 7 nitrogen and oxygen atoms in total. The molecular weight excluding hydrogens is 250 g/mol. The fourth-order valence-electron chi connectivity index (χ4n) is 1.67. The Hall–Kier alpha value is -2.18. The Bertz CT molecular complexity index is 450. The molecule has 0 amide bonds. The zero-order valence-corrected chi connectivity index (χ0v) is 11.0. The number of carbonyl (C=O) groups is 1. The van der Waals surface area contributed by atoms with E-state index in [4.69, 9.17) is 4.74 Å². The molecule has 0 bridgehead atoms. The van der Waals surface area contributed by atoms with E-state index in [1.807, 2.05) is 6.92 Å². The van der Waals surface area contributed by atoms with Gasteiger partial charge < -0.3 is 9.64 Å². The topological polar surface area (TPSA) is 85.6 Å². The number of hydrogen-bond acceptors (Lipinski definition) is 6. The van der Waals surface area contributed by atoms with Crippen molar-refractivity contribution in [1.82, 2.24) is 4.98 Å². The summed E-state index contributed by atoms with van der Waals surface area (Å²) < 4.78 is 4.86. The lowest BCUT2D eigenvalue weighted by molar-refractivity contribution is -0.384. The van der Waals surface area contributed by atoms with Crippen LogP contribution < -0.4 is 4.90 Å². The Labute approximate surface area is 111 Å². The van der Waals surface area contributed by atoms with Crippen LogP contribution in [-0.2, 0) is 9.53 Å². The van der Waals surface area contributed by atoms with Crippen LogP contribution in [0.3, 0.4) is 0 Å². The van der Waals surface area contributed by atoms with Crippen molar-refractivity contribution < 1.29 is 14.5 Å². The maximum absolute atomic E-state index is 11.5. The Morgan fingerprint density at radius 1 is 1.53 bits per heavy atom. The smallest absolute Gasteiger partial charge is 0.325 e. The molecule has 19 heavy (non-hydrogen) atoms. The van der Waals surface area contributed by atoms with E-state index in [9.17, 15) is 14.9 Å². The van der Waals surface area contributed by atoms with Gasteiger partial charge in [-0.3, -0.25) is 14.9 Å². The van der Waals surface area contributed by atoms with Gasteiger partial charge in [0.1, 0.15) is 6.54 Å². The lowest BCUT2D eigenvalue weighted by Crippen LogP contribution is -2.32. The molecular formula is C12H17N3O4. The van der Waals surface area contributed by atoms with Gasteiger partial charge in [0.15, 0.2) is 0 Å². The standard InChI is InChI=1S/C12H17N3O4/c1-3-8-14(9-11(16)19-4-2)12-10(15(17)18)6-5-7-13-12/h5-7H,3-4,8-9H2,1-2H3. The third-order valence-corrected chi connectivity index (χ3v) is 2.38. The normalized spacial score (nSPS) is 10.0. The largest absolute Gasteiger partial charge is 0.465 e. The fraction of sp³-hybridized carbons (Fsp3) is 0.500. The molecule has 0 atom stereocenters. The van der Waals surface area contributed by atoms with Crippen LogP contribution in [-0.4, -0.2) is 35.6 Å². The maximum atomic E-state index is 11.5. The van der Waals surface area contributed by atoms with Crippen LogP contribution in [0.5, 0.6) is 0 Å². The van der Waals surface area contributed by atoms with Gasteiger partial charge in [0, 0.05) is 18.8 Å². The van der Waals surface area contributed by atoms with Crippen molar-refractivity contribution in [2.24, 2.45) is 0 Å². The Balaban J connectivity index is 2.98. The number of esters is 1. The molecule has 0 aromatic carbocycles. The monoisotopic (exact) mass is 267 g/mol. The van der Waals surface area contributed by atoms with Crippen molar-refractivity contribution in [3.05, 3.63) is 28.4 Å². The number of hydrogen-bond donors (Lipinski definition) is 0. The fourth-order valence-corrected chi connectivity index (χ4v) is 1.67. The zero-order chi connectivity index (χ0) is 14.3. The van der Waals surface area contributed by atoms with Crippen LogP contribution in [0.2, 0.25) is 0 Å². The van der Waals surface area contributed by atoms with Crippen LogP contribution in [0.1, 0.15) is 20.3 Å². The summed E-state index contributed by atoms with van der Waals surface area (Å²) in [6.45, 7) is 4.37. The second kappa shape index (κ2) is 7.30. The first kappa shape index (κ1) is 14.9. The van der Waals surface area contributed by atoms with Gasteiger partial charge in [-0.1, -0.05) is 6.92 Å². The summed E-state index contributed by atoms with van der Waals surface area (Å²) in [6, 6.07) is 2.87. The summed E-state index contributed by atoms with van der Waals surface area (Å²) in [5, 5.41) is 11.0. The van der Waals surface area contributed by atoms with Crippen molar-refractivity contribution in [3.8, 4) is 0 Å². The average Bonchev–Trinajstić information content (AvgIpc) is 2.38. The molecule has 0 saturated heterocycles. The Morgan fingerprint density at radius 3 is 2.84 bits per heavy atom. The Kier molecular flexibility index (Phi) is 5.72. The van der Waals surface area contributed by atoms with Gasteiger partial charge >= 0.3 is 11.7 Å². The highest BCUT2D eigenvalue weighted by atomic mass is 16.6. The van der Waals surface area contributed by atoms with E-state index in [1.165, 1.54) is 18.3 Å². The molecule has 0 saturated carbocycles. The molecule has 0 aliphatic carbocycles. The number of aromatic nitrogens is 1. The van der Waals surface area contributed by atoms with E-state index in [0.717, 1.165) is 6.42 Å². The molecule has 0 aliphatic rings. The quantitative estimate of drug-likeness (QED) is 0.425. The summed E-state index contributed by atoms with van der Waals surface area (Å²) in [5.74, 6) is -0.224. The highest BCUT2D eigenvalue weighted by molar-refractivity contribution is 5.76. The van der Waals surface area contributed by atoms with Gasteiger partial charge in [-0.25, -0.2) is 4.98 Å². The van der Waals surface area contributed by atoms with E-state index in [-0.39, 0.29) is 24.7 Å². The summed E-state index contributed by atoms with van der Waals surface area (Å²) in [6.07, 6.45) is 2.21.